The van der Waals surface area contributed by atoms with E-state index in [-0.39, 0.29) is 22.4 Å². The van der Waals surface area contributed by atoms with Gasteiger partial charge in [-0.3, -0.25) is 9.59 Å². The molecule has 2 rings (SSSR count). The van der Waals surface area contributed by atoms with Gasteiger partial charge in [0.15, 0.2) is 11.6 Å². The standard InChI is InChI=1S/C40H52O4/c1-27(17-13-19-29(3)21-23-33-31(5)37(43)35(41)25-39(33,7)8)15-11-12-16-28(2)18-14-20-30(4)22-24-34-32(6)38(44)36(42)26-40(34,9)10/h11-24,35-36,41-42H,25-26H2,1-10H3/b12-11-,17-13-,18-14-,23-21-,24-22-,27-15-,28-16+,29-19+,30-20+/t35-,36+/m1/s1. The zero-order valence-corrected chi connectivity index (χ0v) is 28.4. The Morgan fingerprint density at radius 2 is 0.864 bits per heavy atom. The molecule has 0 aromatic carbocycles. The van der Waals surface area contributed by atoms with Crippen molar-refractivity contribution in [2.75, 3.05) is 0 Å². The fourth-order valence-corrected chi connectivity index (χ4v) is 5.62. The van der Waals surface area contributed by atoms with Gasteiger partial charge in [-0.25, -0.2) is 0 Å². The molecule has 2 aliphatic rings. The number of aliphatic hydroxyl groups is 2. The number of aliphatic hydroxyl groups excluding tert-OH is 2. The molecular formula is C40H52O4. The van der Waals surface area contributed by atoms with Gasteiger partial charge >= 0.3 is 0 Å². The van der Waals surface area contributed by atoms with Crippen LogP contribution in [0.2, 0.25) is 0 Å². The second kappa shape index (κ2) is 15.9. The number of rotatable bonds is 10. The smallest absolute Gasteiger partial charge is 0.187 e. The van der Waals surface area contributed by atoms with Crippen LogP contribution in [0.25, 0.3) is 0 Å². The van der Waals surface area contributed by atoms with Crippen molar-refractivity contribution in [2.24, 2.45) is 10.8 Å². The third kappa shape index (κ3) is 10.5. The molecule has 0 heterocycles. The molecule has 44 heavy (non-hydrogen) atoms. The summed E-state index contributed by atoms with van der Waals surface area (Å²) in [7, 11) is 0. The van der Waals surface area contributed by atoms with Crippen molar-refractivity contribution in [1.82, 2.24) is 0 Å². The number of carbonyl (C=O) groups is 2. The fourth-order valence-electron chi connectivity index (χ4n) is 5.62. The lowest BCUT2D eigenvalue weighted by Gasteiger charge is -2.34. The van der Waals surface area contributed by atoms with Crippen LogP contribution in [0.1, 0.15) is 82.1 Å². The highest BCUT2D eigenvalue weighted by atomic mass is 16.3. The molecule has 2 N–H and O–H groups in total. The molecular weight excluding hydrogens is 544 g/mol. The Morgan fingerprint density at radius 1 is 0.568 bits per heavy atom. The molecule has 0 radical (unpaired) electrons. The quantitative estimate of drug-likeness (QED) is 0.247. The molecule has 0 aliphatic heterocycles. The molecule has 0 fully saturated rings. The number of ketones is 2. The average molecular weight is 597 g/mol. The van der Waals surface area contributed by atoms with Gasteiger partial charge in [-0.05, 0) is 87.5 Å². The first-order valence-corrected chi connectivity index (χ1v) is 15.4. The van der Waals surface area contributed by atoms with E-state index >= 15 is 0 Å². The van der Waals surface area contributed by atoms with Crippen LogP contribution < -0.4 is 0 Å². The Bertz CT molecular complexity index is 1340. The van der Waals surface area contributed by atoms with E-state index in [1.54, 1.807) is 13.8 Å². The summed E-state index contributed by atoms with van der Waals surface area (Å²) < 4.78 is 0. The monoisotopic (exact) mass is 596 g/mol. The van der Waals surface area contributed by atoms with Gasteiger partial charge in [0.25, 0.3) is 0 Å². The van der Waals surface area contributed by atoms with Gasteiger partial charge in [0.05, 0.1) is 0 Å². The number of carbonyl (C=O) groups excluding carboxylic acids is 2. The molecule has 0 aromatic heterocycles. The molecule has 0 unspecified atom stereocenters. The molecule has 4 heteroatoms. The van der Waals surface area contributed by atoms with Crippen LogP contribution in [0.3, 0.4) is 0 Å². The van der Waals surface area contributed by atoms with Crippen LogP contribution >= 0.6 is 0 Å². The molecule has 4 nitrogen and oxygen atoms in total. The number of allylic oxidation sites excluding steroid dienone is 20. The van der Waals surface area contributed by atoms with Gasteiger partial charge in [-0.2, -0.15) is 0 Å². The summed E-state index contributed by atoms with van der Waals surface area (Å²) >= 11 is 0. The molecule has 0 saturated heterocycles. The summed E-state index contributed by atoms with van der Waals surface area (Å²) in [6.07, 6.45) is 27.5. The van der Waals surface area contributed by atoms with Crippen molar-refractivity contribution in [3.05, 3.63) is 130 Å². The van der Waals surface area contributed by atoms with Crippen LogP contribution in [0, 0.1) is 10.8 Å². The Hall–Kier alpha value is -3.60. The Labute approximate surface area is 265 Å². The largest absolute Gasteiger partial charge is 0.385 e. The highest BCUT2D eigenvalue weighted by molar-refractivity contribution is 6.01. The third-order valence-corrected chi connectivity index (χ3v) is 8.31. The van der Waals surface area contributed by atoms with Crippen molar-refractivity contribution in [2.45, 2.75) is 94.3 Å². The topological polar surface area (TPSA) is 74.6 Å². The molecule has 2 atom stereocenters. The Balaban J connectivity index is 1.95. The summed E-state index contributed by atoms with van der Waals surface area (Å²) in [6.45, 7) is 20.0. The first kappa shape index (κ1) is 36.6. The van der Waals surface area contributed by atoms with E-state index in [1.165, 1.54) is 0 Å². The predicted octanol–water partition coefficient (Wildman–Crippen LogP) is 8.91. The van der Waals surface area contributed by atoms with Gasteiger partial charge in [-0.1, -0.05) is 135 Å². The van der Waals surface area contributed by atoms with Crippen molar-refractivity contribution >= 4 is 11.6 Å². The minimum absolute atomic E-state index is 0.175. The number of Topliss-reactive ketones (excluding diaryl/α,β-unsaturated/α-hetero) is 2. The van der Waals surface area contributed by atoms with Gasteiger partial charge in [0.1, 0.15) is 12.2 Å². The van der Waals surface area contributed by atoms with Crippen LogP contribution in [0.5, 0.6) is 0 Å². The summed E-state index contributed by atoms with van der Waals surface area (Å²) in [5.41, 5.74) is 7.16. The molecule has 0 aromatic rings. The lowest BCUT2D eigenvalue weighted by Crippen LogP contribution is -2.35. The second-order valence-corrected chi connectivity index (χ2v) is 13.4. The highest BCUT2D eigenvalue weighted by Crippen LogP contribution is 2.40. The number of hydrogen-bond donors (Lipinski definition) is 2. The highest BCUT2D eigenvalue weighted by Gasteiger charge is 2.37. The van der Waals surface area contributed by atoms with Crippen LogP contribution in [0.4, 0.5) is 0 Å². The van der Waals surface area contributed by atoms with Gasteiger partial charge in [-0.15, -0.1) is 0 Å². The normalized spacial score (nSPS) is 24.5. The molecule has 0 spiro atoms. The van der Waals surface area contributed by atoms with E-state index in [0.29, 0.717) is 24.0 Å². The van der Waals surface area contributed by atoms with Crippen molar-refractivity contribution in [3.8, 4) is 0 Å². The maximum atomic E-state index is 12.2. The molecule has 0 saturated carbocycles. The van der Waals surface area contributed by atoms with Crippen molar-refractivity contribution in [3.63, 3.8) is 0 Å². The number of hydrogen-bond acceptors (Lipinski definition) is 4. The lowest BCUT2D eigenvalue weighted by atomic mass is 9.71. The first-order valence-electron chi connectivity index (χ1n) is 15.4. The predicted molar refractivity (Wildman–Crippen MR) is 185 cm³/mol. The second-order valence-electron chi connectivity index (χ2n) is 13.4. The van der Waals surface area contributed by atoms with E-state index in [9.17, 15) is 19.8 Å². The van der Waals surface area contributed by atoms with E-state index < -0.39 is 12.2 Å². The van der Waals surface area contributed by atoms with Crippen LogP contribution in [0.15, 0.2) is 130 Å². The van der Waals surface area contributed by atoms with Crippen LogP contribution in [-0.2, 0) is 9.59 Å². The van der Waals surface area contributed by atoms with E-state index in [0.717, 1.165) is 33.4 Å². The lowest BCUT2D eigenvalue weighted by molar-refractivity contribution is -0.126. The minimum Gasteiger partial charge on any atom is -0.385 e. The molecule has 0 amide bonds. The average Bonchev–Trinajstić information content (AvgIpc) is 2.92. The zero-order chi connectivity index (χ0) is 33.2. The van der Waals surface area contributed by atoms with Crippen LogP contribution in [-0.4, -0.2) is 34.0 Å². The van der Waals surface area contributed by atoms with E-state index in [2.05, 4.69) is 65.8 Å². The summed E-state index contributed by atoms with van der Waals surface area (Å²) in [5.74, 6) is -0.350. The maximum Gasteiger partial charge on any atom is 0.187 e. The van der Waals surface area contributed by atoms with Crippen molar-refractivity contribution < 1.29 is 19.8 Å². The fraction of sp³-hybridized carbons (Fsp3) is 0.400. The molecule has 2 aliphatic carbocycles. The maximum absolute atomic E-state index is 12.2. The summed E-state index contributed by atoms with van der Waals surface area (Å²) in [5, 5.41) is 20.0. The summed E-state index contributed by atoms with van der Waals surface area (Å²) in [4.78, 5) is 24.5. The van der Waals surface area contributed by atoms with Gasteiger partial charge in [0, 0.05) is 0 Å². The van der Waals surface area contributed by atoms with E-state index in [1.807, 2.05) is 74.6 Å². The zero-order valence-electron chi connectivity index (χ0n) is 28.4. The first-order chi connectivity index (χ1) is 20.5. The van der Waals surface area contributed by atoms with Gasteiger partial charge < -0.3 is 10.2 Å². The minimum atomic E-state index is -0.907. The Morgan fingerprint density at radius 3 is 1.20 bits per heavy atom. The van der Waals surface area contributed by atoms with Gasteiger partial charge in [0.2, 0.25) is 0 Å². The summed E-state index contributed by atoms with van der Waals surface area (Å²) in [6, 6.07) is 0. The Kier molecular flexibility index (Phi) is 13.2. The van der Waals surface area contributed by atoms with Crippen molar-refractivity contribution in [1.29, 1.82) is 0 Å². The third-order valence-electron chi connectivity index (χ3n) is 8.31. The SMILES string of the molecule is CC1=C(\C=C/C(C)=C/C=C\C(C)=C/C=C\C=C(C)\C=C/C=C(C)/C=C\C2=C(C)C(=O)[C@@H](O)CC2(C)C)C(C)(C)C[C@@H](O)C1=O. The van der Waals surface area contributed by atoms with E-state index in [4.69, 9.17) is 0 Å². The molecule has 0 bridgehead atoms. The molecule has 236 valence electrons.